The van der Waals surface area contributed by atoms with Crippen LogP contribution in [0.25, 0.3) is 0 Å². The van der Waals surface area contributed by atoms with Crippen LogP contribution in [0.4, 0.5) is 5.69 Å². The monoisotopic (exact) mass is 383 g/mol. The second-order valence-corrected chi connectivity index (χ2v) is 8.59. The number of anilines is 1. The number of hydrogen-bond acceptors (Lipinski definition) is 6. The van der Waals surface area contributed by atoms with E-state index < -0.39 is 9.84 Å². The number of nitriles is 1. The summed E-state index contributed by atoms with van der Waals surface area (Å²) in [5, 5.41) is 11.6. The summed E-state index contributed by atoms with van der Waals surface area (Å²) in [5.41, 5.74) is 8.83. The first kappa shape index (κ1) is 18.1. The van der Waals surface area contributed by atoms with Crippen molar-refractivity contribution in [3.63, 3.8) is 0 Å². The molecule has 132 valence electrons. The Hall–Kier alpha value is -2.69. The van der Waals surface area contributed by atoms with Crippen LogP contribution in [-0.4, -0.2) is 8.42 Å². The van der Waals surface area contributed by atoms with Crippen LogP contribution in [-0.2, 0) is 9.84 Å². The molecule has 2 aromatic rings. The molecule has 1 heterocycles. The minimum absolute atomic E-state index is 0.0797. The van der Waals surface area contributed by atoms with Crippen molar-refractivity contribution in [3.8, 4) is 6.07 Å². The summed E-state index contributed by atoms with van der Waals surface area (Å²) in [6.45, 7) is 3.86. The number of rotatable bonds is 3. The van der Waals surface area contributed by atoms with Crippen molar-refractivity contribution in [3.05, 3.63) is 80.8 Å². The van der Waals surface area contributed by atoms with Gasteiger partial charge in [0.1, 0.15) is 16.9 Å². The van der Waals surface area contributed by atoms with Crippen LogP contribution in [0.2, 0.25) is 0 Å². The standard InChI is InChI=1S/C19H17N3O2S2/c1-13-8-9-14(2)16(10-13)22-18(21)12-25-19(22)17(11-20)26(23,24)15-6-4-3-5-7-15/h3-10,12H,21H2,1-2H3. The normalized spacial score (nSPS) is 16.2. The van der Waals surface area contributed by atoms with Gasteiger partial charge < -0.3 is 5.73 Å². The molecule has 1 aliphatic heterocycles. The molecule has 0 spiro atoms. The zero-order valence-corrected chi connectivity index (χ0v) is 15.9. The zero-order valence-electron chi connectivity index (χ0n) is 14.3. The molecular formula is C19H17N3O2S2. The summed E-state index contributed by atoms with van der Waals surface area (Å²) in [4.78, 5) is 1.40. The van der Waals surface area contributed by atoms with Crippen LogP contribution >= 0.6 is 11.8 Å². The Bertz CT molecular complexity index is 1070. The van der Waals surface area contributed by atoms with E-state index in [1.807, 2.05) is 38.1 Å². The molecule has 0 saturated carbocycles. The molecule has 0 unspecified atom stereocenters. The molecule has 3 rings (SSSR count). The van der Waals surface area contributed by atoms with Crippen molar-refractivity contribution in [1.29, 1.82) is 5.26 Å². The Morgan fingerprint density at radius 3 is 2.50 bits per heavy atom. The lowest BCUT2D eigenvalue weighted by Crippen LogP contribution is -2.25. The molecule has 0 aromatic heterocycles. The van der Waals surface area contributed by atoms with Crippen molar-refractivity contribution in [2.75, 3.05) is 4.90 Å². The van der Waals surface area contributed by atoms with Gasteiger partial charge in [0, 0.05) is 5.41 Å². The Labute approximate surface area is 157 Å². The number of nitrogens with two attached hydrogens (primary N) is 1. The highest BCUT2D eigenvalue weighted by molar-refractivity contribution is 8.07. The molecule has 0 amide bonds. The van der Waals surface area contributed by atoms with E-state index >= 15 is 0 Å². The van der Waals surface area contributed by atoms with Crippen molar-refractivity contribution in [2.45, 2.75) is 18.7 Å². The van der Waals surface area contributed by atoms with Gasteiger partial charge >= 0.3 is 0 Å². The number of hydrogen-bond donors (Lipinski definition) is 1. The first-order valence-corrected chi connectivity index (χ1v) is 10.2. The van der Waals surface area contributed by atoms with Crippen molar-refractivity contribution in [1.82, 2.24) is 0 Å². The minimum atomic E-state index is -3.95. The number of benzene rings is 2. The summed E-state index contributed by atoms with van der Waals surface area (Å²) < 4.78 is 26.0. The van der Waals surface area contributed by atoms with Gasteiger partial charge in [0.15, 0.2) is 4.91 Å². The van der Waals surface area contributed by atoms with Gasteiger partial charge in [-0.3, -0.25) is 4.90 Å². The first-order valence-electron chi connectivity index (χ1n) is 7.80. The molecule has 0 saturated heterocycles. The van der Waals surface area contributed by atoms with E-state index in [-0.39, 0.29) is 9.80 Å². The van der Waals surface area contributed by atoms with Gasteiger partial charge in [-0.25, -0.2) is 8.42 Å². The van der Waals surface area contributed by atoms with E-state index in [1.165, 1.54) is 12.1 Å². The fourth-order valence-electron chi connectivity index (χ4n) is 2.64. The average molecular weight is 383 g/mol. The molecule has 0 aliphatic carbocycles. The van der Waals surface area contributed by atoms with Crippen LogP contribution < -0.4 is 10.6 Å². The van der Waals surface area contributed by atoms with Crippen LogP contribution in [0.3, 0.4) is 0 Å². The van der Waals surface area contributed by atoms with E-state index in [0.29, 0.717) is 10.9 Å². The summed E-state index contributed by atoms with van der Waals surface area (Å²) in [7, 11) is -3.95. The van der Waals surface area contributed by atoms with Crippen LogP contribution in [0.5, 0.6) is 0 Å². The molecule has 0 radical (unpaired) electrons. The SMILES string of the molecule is Cc1ccc(C)c(N2C(N)=CSC2=C(C#N)S(=O)(=O)c2ccccc2)c1. The Morgan fingerprint density at radius 2 is 1.85 bits per heavy atom. The summed E-state index contributed by atoms with van der Waals surface area (Å²) in [6.07, 6.45) is 0. The highest BCUT2D eigenvalue weighted by Crippen LogP contribution is 2.42. The Kier molecular flexibility index (Phi) is 4.81. The highest BCUT2D eigenvalue weighted by Gasteiger charge is 2.32. The molecule has 2 N–H and O–H groups in total. The summed E-state index contributed by atoms with van der Waals surface area (Å²) in [5.74, 6) is 0.384. The average Bonchev–Trinajstić information content (AvgIpc) is 2.99. The van der Waals surface area contributed by atoms with E-state index in [0.717, 1.165) is 28.6 Å². The molecule has 0 fully saturated rings. The third-order valence-corrected chi connectivity index (χ3v) is 6.79. The maximum absolute atomic E-state index is 13.0. The van der Waals surface area contributed by atoms with Gasteiger partial charge in [-0.2, -0.15) is 5.26 Å². The zero-order chi connectivity index (χ0) is 18.9. The van der Waals surface area contributed by atoms with Gasteiger partial charge in [-0.05, 0) is 43.2 Å². The van der Waals surface area contributed by atoms with Gasteiger partial charge in [0.2, 0.25) is 9.84 Å². The molecule has 0 atom stereocenters. The molecule has 2 aromatic carbocycles. The maximum Gasteiger partial charge on any atom is 0.219 e. The lowest BCUT2D eigenvalue weighted by atomic mass is 10.1. The van der Waals surface area contributed by atoms with Gasteiger partial charge in [-0.15, -0.1) is 0 Å². The number of nitrogens with zero attached hydrogens (tertiary/aromatic N) is 2. The van der Waals surface area contributed by atoms with Crippen molar-refractivity contribution >= 4 is 27.3 Å². The second-order valence-electron chi connectivity index (χ2n) is 5.85. The van der Waals surface area contributed by atoms with E-state index in [1.54, 1.807) is 28.5 Å². The quantitative estimate of drug-likeness (QED) is 0.812. The van der Waals surface area contributed by atoms with E-state index in [4.69, 9.17) is 5.73 Å². The lowest BCUT2D eigenvalue weighted by molar-refractivity contribution is 0.603. The topological polar surface area (TPSA) is 87.2 Å². The highest BCUT2D eigenvalue weighted by atomic mass is 32.2. The molecular weight excluding hydrogens is 366 g/mol. The van der Waals surface area contributed by atoms with Crippen molar-refractivity contribution < 1.29 is 8.42 Å². The smallest absolute Gasteiger partial charge is 0.219 e. The fourth-order valence-corrected chi connectivity index (χ4v) is 5.11. The Balaban J connectivity index is 2.22. The minimum Gasteiger partial charge on any atom is -0.384 e. The number of thioether (sulfide) groups is 1. The molecule has 7 heteroatoms. The molecule has 1 aliphatic rings. The predicted molar refractivity (Wildman–Crippen MR) is 105 cm³/mol. The van der Waals surface area contributed by atoms with Crippen molar-refractivity contribution in [2.24, 2.45) is 5.73 Å². The van der Waals surface area contributed by atoms with E-state index in [2.05, 4.69) is 0 Å². The summed E-state index contributed by atoms with van der Waals surface area (Å²) >= 11 is 1.14. The van der Waals surface area contributed by atoms with Gasteiger partial charge in [0.25, 0.3) is 0 Å². The van der Waals surface area contributed by atoms with Crippen LogP contribution in [0, 0.1) is 25.2 Å². The largest absolute Gasteiger partial charge is 0.384 e. The summed E-state index contributed by atoms with van der Waals surface area (Å²) in [6, 6.07) is 15.6. The van der Waals surface area contributed by atoms with Crippen LogP contribution in [0.15, 0.2) is 74.6 Å². The fraction of sp³-hybridized carbons (Fsp3) is 0.105. The Morgan fingerprint density at radius 1 is 1.15 bits per heavy atom. The molecule has 0 bridgehead atoms. The second kappa shape index (κ2) is 6.90. The molecule has 5 nitrogen and oxygen atoms in total. The number of aryl methyl sites for hydroxylation is 2. The maximum atomic E-state index is 13.0. The first-order chi connectivity index (χ1) is 12.4. The third kappa shape index (κ3) is 3.09. The van der Waals surface area contributed by atoms with Gasteiger partial charge in [-0.1, -0.05) is 42.1 Å². The lowest BCUT2D eigenvalue weighted by Gasteiger charge is -2.24. The third-order valence-electron chi connectivity index (χ3n) is 3.98. The molecule has 26 heavy (non-hydrogen) atoms. The van der Waals surface area contributed by atoms with E-state index in [9.17, 15) is 13.7 Å². The number of allylic oxidation sites excluding steroid dienone is 1. The van der Waals surface area contributed by atoms with Gasteiger partial charge in [0.05, 0.1) is 10.6 Å². The predicted octanol–water partition coefficient (Wildman–Crippen LogP) is 3.78. The van der Waals surface area contributed by atoms with Crippen LogP contribution in [0.1, 0.15) is 11.1 Å². The number of sulfone groups is 1.